The number of nitrogens with zero attached hydrogens (tertiary/aromatic N) is 4. The van der Waals surface area contributed by atoms with Gasteiger partial charge in [-0.25, -0.2) is 0 Å². The third-order valence-electron chi connectivity index (χ3n) is 6.95. The first-order valence-corrected chi connectivity index (χ1v) is 13.1. The van der Waals surface area contributed by atoms with E-state index in [1.165, 1.54) is 5.56 Å². The van der Waals surface area contributed by atoms with E-state index in [0.29, 0.717) is 5.56 Å². The molecule has 1 N–H and O–H groups in total. The third kappa shape index (κ3) is 5.15. The molecule has 0 spiro atoms. The number of hydrogen-bond donors (Lipinski definition) is 1. The lowest BCUT2D eigenvalue weighted by Gasteiger charge is -2.32. The van der Waals surface area contributed by atoms with E-state index in [2.05, 4.69) is 61.2 Å². The van der Waals surface area contributed by atoms with Crippen LogP contribution in [-0.4, -0.2) is 38.2 Å². The third-order valence-corrected chi connectivity index (χ3v) is 7.41. The average Bonchev–Trinajstić information content (AvgIpc) is 3.27. The van der Waals surface area contributed by atoms with E-state index in [4.69, 9.17) is 5.10 Å². The Bertz CT molecular complexity index is 1450. The Morgan fingerprint density at radius 1 is 1.08 bits per heavy atom. The molecule has 2 aromatic carbocycles. The second kappa shape index (κ2) is 10.4. The molecule has 1 aliphatic heterocycles. The van der Waals surface area contributed by atoms with Gasteiger partial charge in [0.1, 0.15) is 0 Å². The number of fused-ring (bicyclic) bond motifs is 1. The zero-order chi connectivity index (χ0) is 25.2. The lowest BCUT2D eigenvalue weighted by Crippen LogP contribution is -2.34. The lowest BCUT2D eigenvalue weighted by molar-refractivity contribution is 0.0943. The number of amides is 1. The molecule has 0 aliphatic carbocycles. The van der Waals surface area contributed by atoms with Crippen LogP contribution in [0.3, 0.4) is 0 Å². The number of likely N-dealkylation sites (tertiary alicyclic amines) is 1. The lowest BCUT2D eigenvalue weighted by atomic mass is 10.0. The quantitative estimate of drug-likeness (QED) is 0.376. The molecule has 0 unspecified atom stereocenters. The van der Waals surface area contributed by atoms with Crippen molar-refractivity contribution in [1.82, 2.24) is 24.6 Å². The van der Waals surface area contributed by atoms with Gasteiger partial charge in [-0.05, 0) is 56.0 Å². The van der Waals surface area contributed by atoms with Crippen LogP contribution in [0.1, 0.15) is 46.1 Å². The topological polar surface area (TPSA) is 72.2 Å². The van der Waals surface area contributed by atoms with Crippen LogP contribution in [0.4, 0.5) is 0 Å². The van der Waals surface area contributed by atoms with Crippen LogP contribution in [0, 0.1) is 13.8 Å². The SMILES string of the molecule is Cc1cc(C)n(CNC(=O)c2cc(Br)cc3c2cnn3C2CCN(Cc3ccccc3)CC2)c(=O)c1. The van der Waals surface area contributed by atoms with E-state index < -0.39 is 0 Å². The van der Waals surface area contributed by atoms with Crippen molar-refractivity contribution in [3.8, 4) is 0 Å². The highest BCUT2D eigenvalue weighted by molar-refractivity contribution is 9.10. The van der Waals surface area contributed by atoms with Crippen molar-refractivity contribution >= 4 is 32.7 Å². The highest BCUT2D eigenvalue weighted by Crippen LogP contribution is 2.30. The van der Waals surface area contributed by atoms with Gasteiger partial charge in [-0.15, -0.1) is 0 Å². The van der Waals surface area contributed by atoms with Gasteiger partial charge in [0, 0.05) is 41.3 Å². The fourth-order valence-corrected chi connectivity index (χ4v) is 5.54. The van der Waals surface area contributed by atoms with Gasteiger partial charge in [0.25, 0.3) is 11.5 Å². The molecule has 0 saturated carbocycles. The Morgan fingerprint density at radius 2 is 1.83 bits per heavy atom. The molecule has 8 heteroatoms. The maximum absolute atomic E-state index is 13.2. The Morgan fingerprint density at radius 3 is 2.56 bits per heavy atom. The normalized spacial score (nSPS) is 14.9. The van der Waals surface area contributed by atoms with Crippen LogP contribution in [0.15, 0.2) is 70.1 Å². The molecular formula is C28H30BrN5O2. The number of piperidine rings is 1. The molecule has 2 aromatic heterocycles. The molecule has 0 radical (unpaired) electrons. The van der Waals surface area contributed by atoms with Crippen LogP contribution < -0.4 is 10.9 Å². The van der Waals surface area contributed by atoms with E-state index >= 15 is 0 Å². The number of aryl methyl sites for hydroxylation is 2. The Hall–Kier alpha value is -3.23. The van der Waals surface area contributed by atoms with Gasteiger partial charge in [-0.3, -0.25) is 23.7 Å². The first-order valence-electron chi connectivity index (χ1n) is 12.3. The summed E-state index contributed by atoms with van der Waals surface area (Å²) in [5.74, 6) is -0.231. The van der Waals surface area contributed by atoms with Gasteiger partial charge in [-0.2, -0.15) is 5.10 Å². The molecule has 0 atom stereocenters. The molecule has 5 rings (SSSR count). The van der Waals surface area contributed by atoms with Gasteiger partial charge in [0.05, 0.1) is 30.0 Å². The highest BCUT2D eigenvalue weighted by atomic mass is 79.9. The number of pyridine rings is 1. The van der Waals surface area contributed by atoms with Gasteiger partial charge in [-0.1, -0.05) is 46.3 Å². The molecule has 0 bridgehead atoms. The summed E-state index contributed by atoms with van der Waals surface area (Å²) < 4.78 is 4.46. The minimum Gasteiger partial charge on any atom is -0.334 e. The first-order chi connectivity index (χ1) is 17.4. The number of halogens is 1. The smallest absolute Gasteiger partial charge is 0.253 e. The van der Waals surface area contributed by atoms with Crippen molar-refractivity contribution in [1.29, 1.82) is 0 Å². The zero-order valence-electron chi connectivity index (χ0n) is 20.6. The van der Waals surface area contributed by atoms with Crippen molar-refractivity contribution in [3.63, 3.8) is 0 Å². The first kappa shape index (κ1) is 24.5. The molecule has 3 heterocycles. The standard InChI is InChI=1S/C28H30BrN5O2/c1-19-12-20(2)33(27(35)13-19)18-30-28(36)24-14-22(29)15-26-25(24)16-31-34(26)23-8-10-32(11-9-23)17-21-6-4-3-5-7-21/h3-7,12-16,23H,8-11,17-18H2,1-2H3,(H,30,36). The van der Waals surface area contributed by atoms with Gasteiger partial charge in [0.15, 0.2) is 0 Å². The molecule has 7 nitrogen and oxygen atoms in total. The molecule has 4 aromatic rings. The highest BCUT2D eigenvalue weighted by Gasteiger charge is 2.24. The van der Waals surface area contributed by atoms with Crippen molar-refractivity contribution in [2.45, 2.75) is 45.9 Å². The van der Waals surface area contributed by atoms with E-state index in [1.807, 2.05) is 32.0 Å². The van der Waals surface area contributed by atoms with E-state index in [0.717, 1.165) is 59.1 Å². The largest absolute Gasteiger partial charge is 0.334 e. The summed E-state index contributed by atoms with van der Waals surface area (Å²) in [5, 5.41) is 8.44. The zero-order valence-corrected chi connectivity index (χ0v) is 22.2. The van der Waals surface area contributed by atoms with E-state index in [1.54, 1.807) is 16.8 Å². The maximum Gasteiger partial charge on any atom is 0.253 e. The van der Waals surface area contributed by atoms with Crippen molar-refractivity contribution in [2.75, 3.05) is 13.1 Å². The molecule has 36 heavy (non-hydrogen) atoms. The summed E-state index contributed by atoms with van der Waals surface area (Å²) in [6.07, 6.45) is 3.80. The van der Waals surface area contributed by atoms with Gasteiger partial charge >= 0.3 is 0 Å². The van der Waals surface area contributed by atoms with Gasteiger partial charge < -0.3 is 5.32 Å². The molecular weight excluding hydrogens is 518 g/mol. The average molecular weight is 548 g/mol. The molecule has 186 valence electrons. The molecule has 1 amide bonds. The summed E-state index contributed by atoms with van der Waals surface area (Å²) in [4.78, 5) is 28.0. The Labute approximate surface area is 218 Å². The maximum atomic E-state index is 13.2. The number of carbonyl (C=O) groups excluding carboxylic acids is 1. The monoisotopic (exact) mass is 547 g/mol. The number of hydrogen-bond acceptors (Lipinski definition) is 4. The summed E-state index contributed by atoms with van der Waals surface area (Å²) in [5.41, 5.74) is 4.42. The summed E-state index contributed by atoms with van der Waals surface area (Å²) in [6.45, 7) is 6.85. The number of aromatic nitrogens is 3. The second-order valence-corrected chi connectivity index (χ2v) is 10.5. The predicted octanol–water partition coefficient (Wildman–Crippen LogP) is 4.80. The van der Waals surface area contributed by atoms with Crippen molar-refractivity contribution in [3.05, 3.63) is 98.0 Å². The second-order valence-electron chi connectivity index (χ2n) is 9.57. The summed E-state index contributed by atoms with van der Waals surface area (Å²) in [6, 6.07) is 18.2. The molecule has 1 saturated heterocycles. The fraction of sp³-hybridized carbons (Fsp3) is 0.321. The van der Waals surface area contributed by atoms with E-state index in [9.17, 15) is 9.59 Å². The summed E-state index contributed by atoms with van der Waals surface area (Å²) in [7, 11) is 0. The van der Waals surface area contributed by atoms with Crippen molar-refractivity contribution < 1.29 is 4.79 Å². The Balaban J connectivity index is 1.31. The minimum atomic E-state index is -0.231. The minimum absolute atomic E-state index is 0.117. The molecule has 1 fully saturated rings. The fourth-order valence-electron chi connectivity index (χ4n) is 5.10. The number of nitrogens with one attached hydrogen (secondary N) is 1. The van der Waals surface area contributed by atoms with Crippen LogP contribution in [0.2, 0.25) is 0 Å². The Kier molecular flexibility index (Phi) is 7.07. The number of carbonyl (C=O) groups is 1. The number of rotatable bonds is 6. The van der Waals surface area contributed by atoms with E-state index in [-0.39, 0.29) is 24.2 Å². The van der Waals surface area contributed by atoms with Gasteiger partial charge in [0.2, 0.25) is 0 Å². The van der Waals surface area contributed by atoms with Crippen molar-refractivity contribution in [2.24, 2.45) is 0 Å². The number of benzene rings is 2. The predicted molar refractivity (Wildman–Crippen MR) is 145 cm³/mol. The summed E-state index contributed by atoms with van der Waals surface area (Å²) >= 11 is 3.58. The van der Waals surface area contributed by atoms with Crippen LogP contribution in [0.5, 0.6) is 0 Å². The van der Waals surface area contributed by atoms with Crippen LogP contribution in [-0.2, 0) is 13.2 Å². The van der Waals surface area contributed by atoms with Crippen LogP contribution in [0.25, 0.3) is 10.9 Å². The molecule has 1 aliphatic rings. The van der Waals surface area contributed by atoms with Crippen LogP contribution >= 0.6 is 15.9 Å².